The molecule has 2 N–H and O–H groups in total. The van der Waals surface area contributed by atoms with Crippen LogP contribution in [0.5, 0.6) is 6.01 Å². The van der Waals surface area contributed by atoms with Gasteiger partial charge < -0.3 is 19.7 Å². The number of ketones is 1. The van der Waals surface area contributed by atoms with E-state index < -0.39 is 57.3 Å². The van der Waals surface area contributed by atoms with Crippen LogP contribution in [0.1, 0.15) is 97.6 Å². The molecular formula is C37H54N6O8S. The third-order valence-corrected chi connectivity index (χ3v) is 11.5. The normalized spacial score (nSPS) is 26.7. The van der Waals surface area contributed by atoms with Crippen molar-refractivity contribution in [1.29, 1.82) is 0 Å². The molecular weight excluding hydrogens is 689 g/mol. The summed E-state index contributed by atoms with van der Waals surface area (Å²) in [5, 5.41) is 2.77. The monoisotopic (exact) mass is 742 g/mol. The first-order valence-corrected chi connectivity index (χ1v) is 19.6. The fourth-order valence-corrected chi connectivity index (χ4v) is 7.84. The van der Waals surface area contributed by atoms with Crippen LogP contribution in [0.2, 0.25) is 0 Å². The van der Waals surface area contributed by atoms with E-state index in [0.717, 1.165) is 33.7 Å². The summed E-state index contributed by atoms with van der Waals surface area (Å²) in [6, 6.07) is 4.31. The fraction of sp³-hybridized carbons (Fsp3) is 0.649. The lowest BCUT2D eigenvalue weighted by Gasteiger charge is -2.30. The van der Waals surface area contributed by atoms with Crippen LogP contribution in [0, 0.1) is 18.3 Å². The maximum Gasteiger partial charge on any atom is 0.408 e. The van der Waals surface area contributed by atoms with Crippen molar-refractivity contribution in [2.45, 2.75) is 123 Å². The summed E-state index contributed by atoms with van der Waals surface area (Å²) in [6.07, 6.45) is 5.93. The minimum absolute atomic E-state index is 0.00370. The van der Waals surface area contributed by atoms with Gasteiger partial charge in [-0.25, -0.2) is 9.52 Å². The van der Waals surface area contributed by atoms with Gasteiger partial charge in [0.05, 0.1) is 29.0 Å². The van der Waals surface area contributed by atoms with Gasteiger partial charge in [0.2, 0.25) is 11.8 Å². The lowest BCUT2D eigenvalue weighted by atomic mass is 9.91. The molecule has 1 aromatic carbocycles. The highest BCUT2D eigenvalue weighted by atomic mass is 32.2. The molecule has 1 aliphatic carbocycles. The third kappa shape index (κ3) is 8.62. The SMILES string of the molecule is Cc1cccc2c1nc(O[C@@H]1C[C@H]3C(=O)C[C@]4(C(=O)NS(=O)(=O)N(C)C)C[C@H]4/C=C\CCCCC[C@H](NC(=O)OC(C)(C)C)C(=O)N3C1)n2C(C)C. The summed E-state index contributed by atoms with van der Waals surface area (Å²) in [5.41, 5.74) is 0.596. The second kappa shape index (κ2) is 15.2. The maximum absolute atomic E-state index is 14.5. The molecule has 2 aromatic rings. The second-order valence-corrected chi connectivity index (χ2v) is 17.8. The van der Waals surface area contributed by atoms with E-state index in [0.29, 0.717) is 31.7 Å². The molecule has 0 bridgehead atoms. The van der Waals surface area contributed by atoms with E-state index in [1.165, 1.54) is 19.0 Å². The Balaban J connectivity index is 1.50. The molecule has 0 spiro atoms. The smallest absolute Gasteiger partial charge is 0.408 e. The number of nitrogens with one attached hydrogen (secondary N) is 2. The molecule has 15 heteroatoms. The van der Waals surface area contributed by atoms with Gasteiger partial charge in [-0.1, -0.05) is 37.1 Å². The third-order valence-electron chi connectivity index (χ3n) is 10.1. The molecule has 3 amide bonds. The van der Waals surface area contributed by atoms with Gasteiger partial charge >= 0.3 is 16.3 Å². The number of alkyl carbamates (subject to hydrolysis) is 1. The number of aromatic nitrogens is 2. The number of carbonyl (C=O) groups excluding carboxylic acids is 4. The summed E-state index contributed by atoms with van der Waals surface area (Å²) < 4.78 is 42.5. The van der Waals surface area contributed by atoms with Crippen LogP contribution >= 0.6 is 0 Å². The van der Waals surface area contributed by atoms with Gasteiger partial charge in [-0.05, 0) is 84.8 Å². The summed E-state index contributed by atoms with van der Waals surface area (Å²) in [4.78, 5) is 61.9. The average Bonchev–Trinajstić information content (AvgIpc) is 3.36. The highest BCUT2D eigenvalue weighted by molar-refractivity contribution is 7.87. The molecule has 3 heterocycles. The van der Waals surface area contributed by atoms with E-state index in [4.69, 9.17) is 14.5 Å². The zero-order valence-corrected chi connectivity index (χ0v) is 32.4. The van der Waals surface area contributed by atoms with Gasteiger partial charge in [-0.15, -0.1) is 0 Å². The number of hydrogen-bond donors (Lipinski definition) is 2. The first-order valence-electron chi connectivity index (χ1n) is 18.2. The van der Waals surface area contributed by atoms with Gasteiger partial charge in [0, 0.05) is 33.0 Å². The molecule has 286 valence electrons. The number of carbonyl (C=O) groups is 4. The topological polar surface area (TPSA) is 169 Å². The molecule has 1 saturated carbocycles. The lowest BCUT2D eigenvalue weighted by molar-refractivity contribution is -0.140. The molecule has 5 rings (SSSR count). The predicted octanol–water partition coefficient (Wildman–Crippen LogP) is 4.58. The molecule has 5 atom stereocenters. The number of fused-ring (bicyclic) bond motifs is 3. The quantitative estimate of drug-likeness (QED) is 0.386. The Morgan fingerprint density at radius 3 is 2.52 bits per heavy atom. The number of rotatable bonds is 7. The van der Waals surface area contributed by atoms with Crippen molar-refractivity contribution >= 4 is 44.9 Å². The number of Topliss-reactive ketones (excluding diaryl/α,β-unsaturated/α-hetero) is 1. The molecule has 14 nitrogen and oxygen atoms in total. The summed E-state index contributed by atoms with van der Waals surface area (Å²) in [5.74, 6) is -1.92. The number of imidazole rings is 1. The van der Waals surface area contributed by atoms with Gasteiger partial charge in [-0.3, -0.25) is 19.0 Å². The van der Waals surface area contributed by atoms with E-state index in [2.05, 4.69) is 10.0 Å². The molecule has 3 aliphatic rings. The number of amides is 3. The van der Waals surface area contributed by atoms with Crippen LogP contribution in [0.3, 0.4) is 0 Å². The van der Waals surface area contributed by atoms with E-state index in [-0.39, 0.29) is 37.1 Å². The lowest BCUT2D eigenvalue weighted by Crippen LogP contribution is -2.53. The van der Waals surface area contributed by atoms with Gasteiger partial charge in [0.15, 0.2) is 5.78 Å². The number of hydrogen-bond acceptors (Lipinski definition) is 9. The van der Waals surface area contributed by atoms with Crippen LogP contribution in [-0.2, 0) is 29.3 Å². The molecule has 0 unspecified atom stereocenters. The summed E-state index contributed by atoms with van der Waals surface area (Å²) >= 11 is 0. The number of ether oxygens (including phenoxy) is 2. The maximum atomic E-state index is 14.5. The van der Waals surface area contributed by atoms with Gasteiger partial charge in [0.1, 0.15) is 17.7 Å². The number of benzene rings is 1. The van der Waals surface area contributed by atoms with Gasteiger partial charge in [0.25, 0.3) is 6.01 Å². The number of allylic oxidation sites excluding steroid dienone is 2. The molecule has 2 aliphatic heterocycles. The van der Waals surface area contributed by atoms with Crippen molar-refractivity contribution in [1.82, 2.24) is 28.8 Å². The van der Waals surface area contributed by atoms with Crippen LogP contribution in [0.25, 0.3) is 11.0 Å². The second-order valence-electron chi connectivity index (χ2n) is 15.9. The van der Waals surface area contributed by atoms with Crippen molar-refractivity contribution in [2.75, 3.05) is 20.6 Å². The summed E-state index contributed by atoms with van der Waals surface area (Å²) in [6.45, 7) is 11.3. The van der Waals surface area contributed by atoms with Crippen LogP contribution in [-0.4, -0.2) is 95.3 Å². The van der Waals surface area contributed by atoms with Crippen molar-refractivity contribution in [3.8, 4) is 6.01 Å². The molecule has 0 radical (unpaired) electrons. The molecule has 1 aromatic heterocycles. The number of para-hydroxylation sites is 1. The first kappa shape index (κ1) is 39.2. The zero-order valence-electron chi connectivity index (χ0n) is 31.6. The average molecular weight is 743 g/mol. The van der Waals surface area contributed by atoms with Gasteiger partial charge in [-0.2, -0.15) is 17.7 Å². The molecule has 52 heavy (non-hydrogen) atoms. The Morgan fingerprint density at radius 1 is 1.12 bits per heavy atom. The van der Waals surface area contributed by atoms with Crippen LogP contribution in [0.4, 0.5) is 4.79 Å². The van der Waals surface area contributed by atoms with Crippen molar-refractivity contribution in [3.63, 3.8) is 0 Å². The summed E-state index contributed by atoms with van der Waals surface area (Å²) in [7, 11) is -1.48. The Labute approximate surface area is 306 Å². The van der Waals surface area contributed by atoms with E-state index in [9.17, 15) is 27.6 Å². The number of nitrogens with zero attached hydrogens (tertiary/aromatic N) is 4. The largest absolute Gasteiger partial charge is 0.459 e. The van der Waals surface area contributed by atoms with E-state index in [1.807, 2.05) is 55.7 Å². The Hall–Kier alpha value is -3.98. The van der Waals surface area contributed by atoms with Crippen molar-refractivity contribution in [3.05, 3.63) is 35.9 Å². The van der Waals surface area contributed by atoms with Crippen molar-refractivity contribution < 1.29 is 37.1 Å². The highest BCUT2D eigenvalue weighted by Crippen LogP contribution is 2.57. The minimum atomic E-state index is -4.12. The van der Waals surface area contributed by atoms with E-state index >= 15 is 0 Å². The number of aryl methyl sites for hydroxylation is 1. The standard InChI is InChI=1S/C37H54N6O8S/c1-23(2)43-28-18-14-15-24(3)31(28)39-34(43)50-26-19-29-30(44)21-37(33(46)40-52(48,49)41(7)8)20-25(37)16-12-10-9-11-13-17-27(32(45)42(29)22-26)38-35(47)51-36(4,5)6/h12,14-16,18,23,25-27,29H,9-11,13,17,19-22H2,1-8H3,(H,38,47)(H,40,46)/b16-12-/t25-,26-,27+,29+,37-/m1/s1. The molecule has 1 saturated heterocycles. The minimum Gasteiger partial charge on any atom is -0.459 e. The van der Waals surface area contributed by atoms with Crippen LogP contribution < -0.4 is 14.8 Å². The highest BCUT2D eigenvalue weighted by Gasteiger charge is 2.61. The van der Waals surface area contributed by atoms with Crippen LogP contribution in [0.15, 0.2) is 30.4 Å². The Morgan fingerprint density at radius 2 is 1.85 bits per heavy atom. The Bertz CT molecular complexity index is 1830. The van der Waals surface area contributed by atoms with Crippen molar-refractivity contribution in [2.24, 2.45) is 11.3 Å². The zero-order chi connectivity index (χ0) is 38.2. The molecule has 2 fully saturated rings. The predicted molar refractivity (Wildman–Crippen MR) is 196 cm³/mol. The van der Waals surface area contributed by atoms with E-state index in [1.54, 1.807) is 20.8 Å². The Kier molecular flexibility index (Phi) is 11.4. The fourth-order valence-electron chi connectivity index (χ4n) is 7.22. The first-order chi connectivity index (χ1) is 24.3.